The number of ether oxygens (including phenoxy) is 1. The number of benzene rings is 1. The number of hydrogen-bond acceptors (Lipinski definition) is 2. The number of rotatable bonds is 3. The van der Waals surface area contributed by atoms with Crippen molar-refractivity contribution in [3.05, 3.63) is 28.8 Å². The van der Waals surface area contributed by atoms with Gasteiger partial charge in [0.2, 0.25) is 0 Å². The second-order valence-electron chi connectivity index (χ2n) is 6.95. The minimum Gasteiger partial charge on any atom is -0.376 e. The van der Waals surface area contributed by atoms with Crippen molar-refractivity contribution < 1.29 is 4.74 Å². The van der Waals surface area contributed by atoms with E-state index in [9.17, 15) is 0 Å². The highest BCUT2D eigenvalue weighted by Gasteiger charge is 2.38. The topological polar surface area (TPSA) is 24.8 Å². The Morgan fingerprint density at radius 3 is 2.77 bits per heavy atom. The van der Waals surface area contributed by atoms with E-state index >= 15 is 0 Å². The number of hydrogen-bond donors (Lipinski definition) is 0. The number of aryl methyl sites for hydroxylation is 1. The molecule has 2 aliphatic rings. The van der Waals surface area contributed by atoms with Crippen LogP contribution in [0.5, 0.6) is 0 Å². The molecule has 0 aromatic heterocycles. The molecule has 1 aromatic carbocycles. The van der Waals surface area contributed by atoms with Crippen molar-refractivity contribution in [1.82, 2.24) is 4.90 Å². The summed E-state index contributed by atoms with van der Waals surface area (Å²) in [5.41, 5.74) is 5.53. The van der Waals surface area contributed by atoms with Gasteiger partial charge in [-0.3, -0.25) is 0 Å². The lowest BCUT2D eigenvalue weighted by Gasteiger charge is -2.42. The first-order valence-corrected chi connectivity index (χ1v) is 8.61. The molecular formula is C19H28N2O. The van der Waals surface area contributed by atoms with Gasteiger partial charge in [-0.15, -0.1) is 0 Å². The first-order chi connectivity index (χ1) is 10.6. The maximum absolute atomic E-state index is 5.97. The molecule has 1 spiro atoms. The van der Waals surface area contributed by atoms with Crippen molar-refractivity contribution in [2.75, 3.05) is 20.2 Å². The van der Waals surface area contributed by atoms with Gasteiger partial charge >= 0.3 is 0 Å². The summed E-state index contributed by atoms with van der Waals surface area (Å²) < 4.78 is 5.97. The van der Waals surface area contributed by atoms with Crippen LogP contribution in [0, 0.1) is 6.92 Å². The molecule has 1 aromatic rings. The van der Waals surface area contributed by atoms with Gasteiger partial charge in [0.25, 0.3) is 0 Å². The smallest absolute Gasteiger partial charge is 0.0909 e. The third kappa shape index (κ3) is 2.91. The van der Waals surface area contributed by atoms with Crippen molar-refractivity contribution in [3.8, 4) is 0 Å². The Morgan fingerprint density at radius 1 is 1.27 bits per heavy atom. The van der Waals surface area contributed by atoms with E-state index in [1.165, 1.54) is 43.2 Å². The zero-order chi connectivity index (χ0) is 15.6. The van der Waals surface area contributed by atoms with Gasteiger partial charge in [0.1, 0.15) is 0 Å². The van der Waals surface area contributed by atoms with Crippen molar-refractivity contribution >= 4 is 12.0 Å². The third-order valence-corrected chi connectivity index (χ3v) is 5.33. The molecule has 1 aliphatic carbocycles. The summed E-state index contributed by atoms with van der Waals surface area (Å²) in [6.45, 7) is 6.93. The van der Waals surface area contributed by atoms with Gasteiger partial charge in [-0.1, -0.05) is 25.3 Å². The van der Waals surface area contributed by atoms with Crippen LogP contribution in [0.1, 0.15) is 55.7 Å². The van der Waals surface area contributed by atoms with Crippen molar-refractivity contribution in [1.29, 1.82) is 0 Å². The Balaban J connectivity index is 1.95. The largest absolute Gasteiger partial charge is 0.376 e. The van der Waals surface area contributed by atoms with Crippen LogP contribution in [0.4, 0.5) is 5.69 Å². The molecule has 1 heterocycles. The molecule has 3 heteroatoms. The van der Waals surface area contributed by atoms with E-state index in [1.54, 1.807) is 5.56 Å². The zero-order valence-electron chi connectivity index (χ0n) is 14.2. The molecule has 22 heavy (non-hydrogen) atoms. The summed E-state index contributed by atoms with van der Waals surface area (Å²) in [6.07, 6.45) is 8.53. The molecule has 1 fully saturated rings. The van der Waals surface area contributed by atoms with Crippen LogP contribution < -0.4 is 0 Å². The van der Waals surface area contributed by atoms with E-state index < -0.39 is 0 Å². The monoisotopic (exact) mass is 300 g/mol. The molecule has 1 aliphatic heterocycles. The predicted molar refractivity (Wildman–Crippen MR) is 92.1 cm³/mol. The minimum atomic E-state index is 0.277. The lowest BCUT2D eigenvalue weighted by atomic mass is 9.67. The molecular weight excluding hydrogens is 272 g/mol. The standard InChI is InChI=1S/C19H28N2O/c1-4-21(3)14-20-18-11-16-12-22-13-19(8-6-5-7-9-19)17(16)10-15(18)2/h10-11,14H,4-9,12-13H2,1-3H3/b20-14+. The fourth-order valence-corrected chi connectivity index (χ4v) is 3.81. The van der Waals surface area contributed by atoms with E-state index in [4.69, 9.17) is 4.74 Å². The van der Waals surface area contributed by atoms with Crippen LogP contribution in [0.3, 0.4) is 0 Å². The summed E-state index contributed by atoms with van der Waals surface area (Å²) in [4.78, 5) is 6.76. The molecule has 0 saturated heterocycles. The van der Waals surface area contributed by atoms with Gasteiger partial charge < -0.3 is 9.64 Å². The fraction of sp³-hybridized carbons (Fsp3) is 0.632. The zero-order valence-corrected chi connectivity index (χ0v) is 14.2. The molecule has 0 atom stereocenters. The molecule has 3 rings (SSSR count). The maximum Gasteiger partial charge on any atom is 0.0909 e. The van der Waals surface area contributed by atoms with Crippen LogP contribution in [0.15, 0.2) is 17.1 Å². The molecule has 0 N–H and O–H groups in total. The first kappa shape index (κ1) is 15.5. The van der Waals surface area contributed by atoms with Crippen LogP contribution in [-0.4, -0.2) is 31.4 Å². The highest BCUT2D eigenvalue weighted by molar-refractivity contribution is 5.64. The molecule has 0 radical (unpaired) electrons. The van der Waals surface area contributed by atoms with Gasteiger partial charge in [-0.2, -0.15) is 0 Å². The van der Waals surface area contributed by atoms with Crippen molar-refractivity contribution in [3.63, 3.8) is 0 Å². The lowest BCUT2D eigenvalue weighted by Crippen LogP contribution is -2.38. The Hall–Kier alpha value is -1.35. The fourth-order valence-electron chi connectivity index (χ4n) is 3.81. The number of nitrogens with zero attached hydrogens (tertiary/aromatic N) is 2. The van der Waals surface area contributed by atoms with E-state index in [0.717, 1.165) is 25.4 Å². The second kappa shape index (κ2) is 6.41. The number of fused-ring (bicyclic) bond motifs is 2. The van der Waals surface area contributed by atoms with Gasteiger partial charge in [-0.25, -0.2) is 4.99 Å². The second-order valence-corrected chi connectivity index (χ2v) is 6.95. The van der Waals surface area contributed by atoms with Crippen molar-refractivity contribution in [2.24, 2.45) is 4.99 Å². The SMILES string of the molecule is CCN(C)/C=N/c1cc2c(cc1C)C1(CCCCC1)COC2. The van der Waals surface area contributed by atoms with E-state index in [0.29, 0.717) is 0 Å². The maximum atomic E-state index is 5.97. The minimum absolute atomic E-state index is 0.277. The Bertz CT molecular complexity index is 559. The molecule has 0 unspecified atom stereocenters. The van der Waals surface area contributed by atoms with E-state index in [-0.39, 0.29) is 5.41 Å². The predicted octanol–water partition coefficient (Wildman–Crippen LogP) is 4.34. The van der Waals surface area contributed by atoms with Crippen LogP contribution in [0.2, 0.25) is 0 Å². The normalized spacial score (nSPS) is 20.3. The summed E-state index contributed by atoms with van der Waals surface area (Å²) in [5, 5.41) is 0. The third-order valence-electron chi connectivity index (χ3n) is 5.33. The van der Waals surface area contributed by atoms with E-state index in [2.05, 4.69) is 42.9 Å². The lowest BCUT2D eigenvalue weighted by molar-refractivity contribution is 0.0344. The van der Waals surface area contributed by atoms with Gasteiger partial charge in [0, 0.05) is 19.0 Å². The summed E-state index contributed by atoms with van der Waals surface area (Å²) >= 11 is 0. The van der Waals surface area contributed by atoms with Gasteiger partial charge in [0.15, 0.2) is 0 Å². The molecule has 0 bridgehead atoms. The average molecular weight is 300 g/mol. The molecule has 0 amide bonds. The molecule has 120 valence electrons. The van der Waals surface area contributed by atoms with Gasteiger partial charge in [-0.05, 0) is 49.4 Å². The average Bonchev–Trinajstić information content (AvgIpc) is 2.54. The van der Waals surface area contributed by atoms with Crippen LogP contribution in [-0.2, 0) is 16.8 Å². The first-order valence-electron chi connectivity index (χ1n) is 8.61. The van der Waals surface area contributed by atoms with Crippen LogP contribution in [0.25, 0.3) is 0 Å². The summed E-state index contributed by atoms with van der Waals surface area (Å²) in [5.74, 6) is 0. The van der Waals surface area contributed by atoms with E-state index in [1.807, 2.05) is 6.34 Å². The molecule has 1 saturated carbocycles. The Kier molecular flexibility index (Phi) is 4.53. The quantitative estimate of drug-likeness (QED) is 0.613. The highest BCUT2D eigenvalue weighted by Crippen LogP contribution is 2.45. The summed E-state index contributed by atoms with van der Waals surface area (Å²) in [7, 11) is 2.05. The molecule has 3 nitrogen and oxygen atoms in total. The number of aliphatic imine (C=N–C) groups is 1. The summed E-state index contributed by atoms with van der Waals surface area (Å²) in [6, 6.07) is 4.64. The Morgan fingerprint density at radius 2 is 2.05 bits per heavy atom. The highest BCUT2D eigenvalue weighted by atomic mass is 16.5. The van der Waals surface area contributed by atoms with Crippen molar-refractivity contribution in [2.45, 2.75) is 58.0 Å². The van der Waals surface area contributed by atoms with Gasteiger partial charge in [0.05, 0.1) is 25.2 Å². The Labute approximate surface area is 134 Å². The van der Waals surface area contributed by atoms with Crippen LogP contribution >= 0.6 is 0 Å².